The number of carbonyl (C=O) groups excluding carboxylic acids is 1. The first-order valence-electron chi connectivity index (χ1n) is 4.59. The Hall–Kier alpha value is -0.830. The van der Waals surface area contributed by atoms with Crippen LogP contribution >= 0.6 is 22.6 Å². The van der Waals surface area contributed by atoms with Crippen molar-refractivity contribution in [3.8, 4) is 0 Å². The quantitative estimate of drug-likeness (QED) is 0.598. The van der Waals surface area contributed by atoms with Crippen LogP contribution in [0.2, 0.25) is 0 Å². The lowest BCUT2D eigenvalue weighted by atomic mass is 10.2. The molecule has 0 saturated heterocycles. The standard InChI is InChI=1S/C10H12INO4S/c1-12(17(3,14)15)9-5-4-7(11)6-8(9)10(13)16-2/h4-6H,1-3H3. The molecule has 0 fully saturated rings. The second-order valence-electron chi connectivity index (χ2n) is 3.38. The van der Waals surface area contributed by atoms with Gasteiger partial charge in [0.25, 0.3) is 0 Å². The number of rotatable bonds is 3. The molecule has 0 N–H and O–H groups in total. The summed E-state index contributed by atoms with van der Waals surface area (Å²) in [6.45, 7) is 0. The summed E-state index contributed by atoms with van der Waals surface area (Å²) in [4.78, 5) is 11.6. The number of ether oxygens (including phenoxy) is 1. The Morgan fingerprint density at radius 1 is 1.41 bits per heavy atom. The molecule has 5 nitrogen and oxygen atoms in total. The minimum absolute atomic E-state index is 0.229. The first kappa shape index (κ1) is 14.2. The maximum atomic E-state index is 11.6. The first-order chi connectivity index (χ1) is 7.77. The minimum atomic E-state index is -3.41. The van der Waals surface area contributed by atoms with E-state index in [0.717, 1.165) is 14.1 Å². The van der Waals surface area contributed by atoms with Crippen LogP contribution in [0, 0.1) is 3.57 Å². The fourth-order valence-corrected chi connectivity index (χ4v) is 2.24. The third-order valence-corrected chi connectivity index (χ3v) is 4.06. The molecule has 0 bridgehead atoms. The van der Waals surface area contributed by atoms with Gasteiger partial charge in [0.2, 0.25) is 10.0 Å². The van der Waals surface area contributed by atoms with Crippen molar-refractivity contribution in [2.45, 2.75) is 0 Å². The Labute approximate surface area is 114 Å². The molecule has 0 unspecified atom stereocenters. The molecule has 1 aromatic rings. The van der Waals surface area contributed by atoms with Crippen LogP contribution in [-0.4, -0.2) is 34.8 Å². The molecule has 0 aliphatic carbocycles. The highest BCUT2D eigenvalue weighted by atomic mass is 127. The second kappa shape index (κ2) is 5.21. The Morgan fingerprint density at radius 3 is 2.47 bits per heavy atom. The van der Waals surface area contributed by atoms with E-state index in [0.29, 0.717) is 5.69 Å². The molecular formula is C10H12INO4S. The molecular weight excluding hydrogens is 357 g/mol. The summed E-state index contributed by atoms with van der Waals surface area (Å²) >= 11 is 2.04. The number of esters is 1. The van der Waals surface area contributed by atoms with Gasteiger partial charge in [0.05, 0.1) is 24.6 Å². The van der Waals surface area contributed by atoms with Crippen LogP contribution in [0.1, 0.15) is 10.4 Å². The highest BCUT2D eigenvalue weighted by molar-refractivity contribution is 14.1. The maximum Gasteiger partial charge on any atom is 0.340 e. The van der Waals surface area contributed by atoms with Crippen LogP contribution in [0.5, 0.6) is 0 Å². The van der Waals surface area contributed by atoms with Crippen LogP contribution in [0.4, 0.5) is 5.69 Å². The van der Waals surface area contributed by atoms with Gasteiger partial charge in [0.1, 0.15) is 0 Å². The largest absolute Gasteiger partial charge is 0.465 e. The van der Waals surface area contributed by atoms with Crippen molar-refractivity contribution in [2.75, 3.05) is 24.7 Å². The summed E-state index contributed by atoms with van der Waals surface area (Å²) in [5, 5.41) is 0. The number of benzene rings is 1. The van der Waals surface area contributed by atoms with E-state index in [1.165, 1.54) is 14.2 Å². The molecule has 7 heteroatoms. The summed E-state index contributed by atoms with van der Waals surface area (Å²) in [6, 6.07) is 4.89. The summed E-state index contributed by atoms with van der Waals surface area (Å²) in [5.41, 5.74) is 0.534. The highest BCUT2D eigenvalue weighted by Gasteiger charge is 2.20. The molecule has 1 rings (SSSR count). The van der Waals surface area contributed by atoms with Crippen molar-refractivity contribution in [3.63, 3.8) is 0 Å². The van der Waals surface area contributed by atoms with Gasteiger partial charge < -0.3 is 4.74 Å². The van der Waals surface area contributed by atoms with E-state index < -0.39 is 16.0 Å². The van der Waals surface area contributed by atoms with Gasteiger partial charge in [-0.1, -0.05) is 0 Å². The molecule has 0 heterocycles. The van der Waals surface area contributed by atoms with Crippen LogP contribution < -0.4 is 4.31 Å². The van der Waals surface area contributed by atoms with Gasteiger partial charge >= 0.3 is 5.97 Å². The van der Waals surface area contributed by atoms with Crippen molar-refractivity contribution in [1.82, 2.24) is 0 Å². The first-order valence-corrected chi connectivity index (χ1v) is 7.52. The van der Waals surface area contributed by atoms with Crippen molar-refractivity contribution >= 4 is 44.3 Å². The molecule has 0 aliphatic heterocycles. The van der Waals surface area contributed by atoms with Gasteiger partial charge in [-0.05, 0) is 40.8 Å². The second-order valence-corrected chi connectivity index (χ2v) is 6.64. The molecule has 0 aromatic heterocycles. The number of halogens is 1. The summed E-state index contributed by atoms with van der Waals surface area (Å²) in [6.07, 6.45) is 1.08. The summed E-state index contributed by atoms with van der Waals surface area (Å²) in [5.74, 6) is -0.561. The zero-order chi connectivity index (χ0) is 13.2. The number of hydrogen-bond acceptors (Lipinski definition) is 4. The average Bonchev–Trinajstić information content (AvgIpc) is 2.25. The fourth-order valence-electron chi connectivity index (χ4n) is 1.23. The van der Waals surface area contributed by atoms with E-state index in [9.17, 15) is 13.2 Å². The lowest BCUT2D eigenvalue weighted by molar-refractivity contribution is 0.0601. The van der Waals surface area contributed by atoms with Gasteiger partial charge in [-0.25, -0.2) is 13.2 Å². The van der Waals surface area contributed by atoms with Gasteiger partial charge in [0, 0.05) is 10.6 Å². The molecule has 0 aliphatic rings. The number of carbonyl (C=O) groups is 1. The van der Waals surface area contributed by atoms with E-state index in [1.54, 1.807) is 18.2 Å². The zero-order valence-corrected chi connectivity index (χ0v) is 12.6. The van der Waals surface area contributed by atoms with Crippen LogP contribution in [0.15, 0.2) is 18.2 Å². The Balaban J connectivity index is 3.38. The molecule has 1 aromatic carbocycles. The van der Waals surface area contributed by atoms with Gasteiger partial charge in [0.15, 0.2) is 0 Å². The van der Waals surface area contributed by atoms with Crippen LogP contribution in [0.3, 0.4) is 0 Å². The van der Waals surface area contributed by atoms with Gasteiger partial charge in [-0.15, -0.1) is 0 Å². The molecule has 94 valence electrons. The smallest absolute Gasteiger partial charge is 0.340 e. The summed E-state index contributed by atoms with van der Waals surface area (Å²) < 4.78 is 29.4. The van der Waals surface area contributed by atoms with E-state index in [1.807, 2.05) is 22.6 Å². The van der Waals surface area contributed by atoms with Gasteiger partial charge in [-0.3, -0.25) is 4.31 Å². The van der Waals surface area contributed by atoms with Crippen molar-refractivity contribution in [2.24, 2.45) is 0 Å². The predicted octanol–water partition coefficient (Wildman–Crippen LogP) is 1.47. The molecule has 0 amide bonds. The van der Waals surface area contributed by atoms with Crippen LogP contribution in [-0.2, 0) is 14.8 Å². The Morgan fingerprint density at radius 2 is 2.00 bits per heavy atom. The van der Waals surface area contributed by atoms with E-state index in [4.69, 9.17) is 0 Å². The highest BCUT2D eigenvalue weighted by Crippen LogP contribution is 2.24. The number of anilines is 1. The van der Waals surface area contributed by atoms with E-state index in [2.05, 4.69) is 4.74 Å². The number of sulfonamides is 1. The molecule has 0 spiro atoms. The third kappa shape index (κ3) is 3.32. The van der Waals surface area contributed by atoms with Crippen molar-refractivity contribution in [1.29, 1.82) is 0 Å². The monoisotopic (exact) mass is 369 g/mol. The Bertz CT molecular complexity index is 541. The van der Waals surface area contributed by atoms with Crippen LogP contribution in [0.25, 0.3) is 0 Å². The maximum absolute atomic E-state index is 11.6. The minimum Gasteiger partial charge on any atom is -0.465 e. The Kier molecular flexibility index (Phi) is 4.36. The van der Waals surface area contributed by atoms with Gasteiger partial charge in [-0.2, -0.15) is 0 Å². The predicted molar refractivity (Wildman–Crippen MR) is 73.7 cm³/mol. The topological polar surface area (TPSA) is 63.7 Å². The lowest BCUT2D eigenvalue weighted by Gasteiger charge is -2.19. The number of hydrogen-bond donors (Lipinski definition) is 0. The van der Waals surface area contributed by atoms with E-state index in [-0.39, 0.29) is 5.56 Å². The third-order valence-electron chi connectivity index (χ3n) is 2.20. The normalized spacial score (nSPS) is 11.1. The molecule has 0 saturated carbocycles. The molecule has 17 heavy (non-hydrogen) atoms. The molecule has 0 atom stereocenters. The SMILES string of the molecule is COC(=O)c1cc(I)ccc1N(C)S(C)(=O)=O. The van der Waals surface area contributed by atoms with Crippen molar-refractivity contribution < 1.29 is 17.9 Å². The summed E-state index contributed by atoms with van der Waals surface area (Å²) in [7, 11) is -0.761. The van der Waals surface area contributed by atoms with E-state index >= 15 is 0 Å². The van der Waals surface area contributed by atoms with Crippen molar-refractivity contribution in [3.05, 3.63) is 27.3 Å². The average molecular weight is 369 g/mol. The zero-order valence-electron chi connectivity index (χ0n) is 9.60. The number of nitrogens with zero attached hydrogens (tertiary/aromatic N) is 1. The lowest BCUT2D eigenvalue weighted by Crippen LogP contribution is -2.26. The fraction of sp³-hybridized carbons (Fsp3) is 0.300. The number of methoxy groups -OCH3 is 1. The molecule has 0 radical (unpaired) electrons.